The Labute approximate surface area is 218 Å². The van der Waals surface area contributed by atoms with Gasteiger partial charge in [0.05, 0.1) is 33.8 Å². The molecule has 15 heteroatoms. The SMILES string of the molecule is N#Cc1cccc(S(=O)(=O)N(Oc2ccc(OC(F)(F)F)cc2-c2ccnn2C2CNC2)c2cscn2)c1. The van der Waals surface area contributed by atoms with E-state index in [1.165, 1.54) is 47.4 Å². The van der Waals surface area contributed by atoms with Crippen LogP contribution in [0.25, 0.3) is 11.3 Å². The molecule has 1 saturated heterocycles. The number of rotatable bonds is 8. The first-order valence-corrected chi connectivity index (χ1v) is 13.3. The summed E-state index contributed by atoms with van der Waals surface area (Å²) in [6.07, 6.45) is -3.46. The molecule has 0 bridgehead atoms. The van der Waals surface area contributed by atoms with E-state index in [0.29, 0.717) is 23.3 Å². The Morgan fingerprint density at radius 2 is 2.00 bits per heavy atom. The molecule has 0 aliphatic carbocycles. The summed E-state index contributed by atoms with van der Waals surface area (Å²) in [7, 11) is -4.44. The zero-order chi connectivity index (χ0) is 26.9. The van der Waals surface area contributed by atoms with Crippen LogP contribution in [0.4, 0.5) is 19.0 Å². The Balaban J connectivity index is 1.62. The number of anilines is 1. The molecule has 38 heavy (non-hydrogen) atoms. The van der Waals surface area contributed by atoms with E-state index in [1.54, 1.807) is 10.7 Å². The minimum atomic E-state index is -4.94. The van der Waals surface area contributed by atoms with Crippen molar-refractivity contribution in [2.45, 2.75) is 17.3 Å². The van der Waals surface area contributed by atoms with Crippen molar-refractivity contribution in [1.82, 2.24) is 20.1 Å². The molecular weight excluding hydrogens is 545 g/mol. The van der Waals surface area contributed by atoms with E-state index >= 15 is 0 Å². The molecule has 10 nitrogen and oxygen atoms in total. The maximum atomic E-state index is 13.6. The van der Waals surface area contributed by atoms with Gasteiger partial charge in [0.15, 0.2) is 11.6 Å². The predicted octanol–water partition coefficient (Wildman–Crippen LogP) is 4.11. The molecule has 1 fully saturated rings. The predicted molar refractivity (Wildman–Crippen MR) is 130 cm³/mol. The molecule has 0 amide bonds. The summed E-state index contributed by atoms with van der Waals surface area (Å²) in [5.41, 5.74) is 2.00. The number of hydrogen-bond donors (Lipinski definition) is 1. The number of thiazole rings is 1. The Bertz CT molecular complexity index is 1600. The minimum Gasteiger partial charge on any atom is -0.406 e. The van der Waals surface area contributed by atoms with Gasteiger partial charge in [-0.05, 0) is 42.5 Å². The van der Waals surface area contributed by atoms with Gasteiger partial charge in [-0.2, -0.15) is 18.8 Å². The molecule has 4 aromatic rings. The van der Waals surface area contributed by atoms with Gasteiger partial charge in [0.1, 0.15) is 5.75 Å². The quantitative estimate of drug-likeness (QED) is 0.319. The summed E-state index contributed by atoms with van der Waals surface area (Å²) in [4.78, 5) is 9.70. The van der Waals surface area contributed by atoms with Crippen LogP contribution in [0.1, 0.15) is 11.6 Å². The maximum Gasteiger partial charge on any atom is 0.573 e. The van der Waals surface area contributed by atoms with Gasteiger partial charge in [-0.1, -0.05) is 10.5 Å². The van der Waals surface area contributed by atoms with Crippen LogP contribution in [0.15, 0.2) is 70.5 Å². The largest absolute Gasteiger partial charge is 0.573 e. The van der Waals surface area contributed by atoms with E-state index in [-0.39, 0.29) is 33.6 Å². The minimum absolute atomic E-state index is 0.0628. The standard InChI is InChI=1S/C23H17F3N6O4S2/c24-23(25,26)35-17-4-5-21(19(9-17)20-6-7-30-31(20)16-11-28-12-16)36-32(22-13-37-14-29-22)38(33,34)18-3-1-2-15(8-18)10-27/h1-9,13-14,16,28H,11-12H2. The number of sulfonamides is 1. The fourth-order valence-corrected chi connectivity index (χ4v) is 5.49. The topological polar surface area (TPSA) is 122 Å². The molecular formula is C23H17F3N6O4S2. The van der Waals surface area contributed by atoms with Crippen molar-refractivity contribution < 1.29 is 31.2 Å². The van der Waals surface area contributed by atoms with Crippen molar-refractivity contribution >= 4 is 27.2 Å². The molecule has 1 aliphatic rings. The normalized spacial score (nSPS) is 13.9. The molecule has 1 aliphatic heterocycles. The van der Waals surface area contributed by atoms with E-state index in [2.05, 4.69) is 20.1 Å². The van der Waals surface area contributed by atoms with Crippen molar-refractivity contribution in [2.75, 3.05) is 17.6 Å². The summed E-state index contributed by atoms with van der Waals surface area (Å²) in [6.45, 7) is 1.19. The van der Waals surface area contributed by atoms with Crippen molar-refractivity contribution in [3.63, 3.8) is 0 Å². The molecule has 0 saturated carbocycles. The van der Waals surface area contributed by atoms with Crippen LogP contribution in [-0.4, -0.2) is 42.6 Å². The number of ether oxygens (including phenoxy) is 1. The third-order valence-electron chi connectivity index (χ3n) is 5.50. The van der Waals surface area contributed by atoms with Crippen LogP contribution in [-0.2, 0) is 10.0 Å². The summed E-state index contributed by atoms with van der Waals surface area (Å²) in [6, 6.07) is 12.0. The number of nitriles is 1. The van der Waals surface area contributed by atoms with Crippen LogP contribution < -0.4 is 19.4 Å². The average molecular weight is 563 g/mol. The molecule has 0 spiro atoms. The van der Waals surface area contributed by atoms with Crippen LogP contribution >= 0.6 is 11.3 Å². The summed E-state index contributed by atoms with van der Waals surface area (Å²) in [5.74, 6) is -0.707. The smallest absolute Gasteiger partial charge is 0.406 e. The second kappa shape index (κ2) is 9.97. The Kier molecular flexibility index (Phi) is 6.69. The highest BCUT2D eigenvalue weighted by Crippen LogP contribution is 2.38. The van der Waals surface area contributed by atoms with Gasteiger partial charge in [0.2, 0.25) is 0 Å². The first-order chi connectivity index (χ1) is 18.2. The molecule has 0 radical (unpaired) electrons. The molecule has 2 aromatic carbocycles. The van der Waals surface area contributed by atoms with Crippen molar-refractivity contribution in [3.8, 4) is 28.8 Å². The van der Waals surface area contributed by atoms with Gasteiger partial charge < -0.3 is 14.9 Å². The van der Waals surface area contributed by atoms with Crippen molar-refractivity contribution in [3.05, 3.63) is 71.2 Å². The number of nitrogens with one attached hydrogen (secondary N) is 1. The Morgan fingerprint density at radius 3 is 2.66 bits per heavy atom. The number of alkyl halides is 3. The van der Waals surface area contributed by atoms with Crippen LogP contribution in [0.2, 0.25) is 0 Å². The molecule has 0 atom stereocenters. The first kappa shape index (κ1) is 25.5. The van der Waals surface area contributed by atoms with E-state index in [1.807, 2.05) is 6.07 Å². The number of halogens is 3. The van der Waals surface area contributed by atoms with Crippen LogP contribution in [0.5, 0.6) is 11.5 Å². The first-order valence-electron chi connectivity index (χ1n) is 10.9. The summed E-state index contributed by atoms with van der Waals surface area (Å²) >= 11 is 1.11. The number of benzene rings is 2. The highest BCUT2D eigenvalue weighted by atomic mass is 32.2. The molecule has 5 rings (SSSR count). The number of aromatic nitrogens is 3. The van der Waals surface area contributed by atoms with E-state index in [0.717, 1.165) is 23.5 Å². The van der Waals surface area contributed by atoms with Crippen LogP contribution in [0, 0.1) is 11.3 Å². The average Bonchev–Trinajstić information content (AvgIpc) is 3.54. The van der Waals surface area contributed by atoms with Gasteiger partial charge in [-0.25, -0.2) is 4.98 Å². The van der Waals surface area contributed by atoms with Gasteiger partial charge in [-0.3, -0.25) is 4.68 Å². The third kappa shape index (κ3) is 5.14. The van der Waals surface area contributed by atoms with E-state index < -0.39 is 22.1 Å². The zero-order valence-electron chi connectivity index (χ0n) is 19.2. The lowest BCUT2D eigenvalue weighted by Crippen LogP contribution is -2.44. The molecule has 3 heterocycles. The fourth-order valence-electron chi connectivity index (χ4n) is 3.68. The molecule has 1 N–H and O–H groups in total. The number of nitrogens with zero attached hydrogens (tertiary/aromatic N) is 5. The van der Waals surface area contributed by atoms with Gasteiger partial charge >= 0.3 is 6.36 Å². The van der Waals surface area contributed by atoms with E-state index in [4.69, 9.17) is 4.84 Å². The van der Waals surface area contributed by atoms with Crippen molar-refractivity contribution in [2.24, 2.45) is 0 Å². The molecule has 0 unspecified atom stereocenters. The second-order valence-corrected chi connectivity index (χ2v) is 10.5. The van der Waals surface area contributed by atoms with Gasteiger partial charge in [0.25, 0.3) is 10.0 Å². The summed E-state index contributed by atoms with van der Waals surface area (Å²) in [5, 5.41) is 18.0. The Morgan fingerprint density at radius 1 is 1.18 bits per heavy atom. The van der Waals surface area contributed by atoms with E-state index in [9.17, 15) is 26.9 Å². The monoisotopic (exact) mass is 562 g/mol. The zero-order valence-corrected chi connectivity index (χ0v) is 20.8. The molecule has 196 valence electrons. The Hall–Kier alpha value is -4.13. The number of hydrogen-bond acceptors (Lipinski definition) is 9. The van der Waals surface area contributed by atoms with Crippen molar-refractivity contribution in [1.29, 1.82) is 5.26 Å². The lowest BCUT2D eigenvalue weighted by Gasteiger charge is -2.29. The van der Waals surface area contributed by atoms with Gasteiger partial charge in [0, 0.05) is 30.2 Å². The lowest BCUT2D eigenvalue weighted by atomic mass is 10.1. The fraction of sp³-hybridized carbons (Fsp3) is 0.174. The highest BCUT2D eigenvalue weighted by molar-refractivity contribution is 7.92. The third-order valence-corrected chi connectivity index (χ3v) is 7.63. The highest BCUT2D eigenvalue weighted by Gasteiger charge is 2.34. The van der Waals surface area contributed by atoms with Gasteiger partial charge in [-0.15, -0.1) is 24.5 Å². The second-order valence-electron chi connectivity index (χ2n) is 7.99. The maximum absolute atomic E-state index is 13.6. The molecule has 2 aromatic heterocycles. The van der Waals surface area contributed by atoms with Crippen LogP contribution in [0.3, 0.4) is 0 Å². The summed E-state index contributed by atoms with van der Waals surface area (Å²) < 4.78 is 72.6. The lowest BCUT2D eigenvalue weighted by molar-refractivity contribution is -0.274.